The molecule has 0 bridgehead atoms. The van der Waals surface area contributed by atoms with E-state index in [4.69, 9.17) is 4.74 Å². The molecule has 0 saturated heterocycles. The van der Waals surface area contributed by atoms with Gasteiger partial charge in [-0.2, -0.15) is 0 Å². The molecule has 0 heterocycles. The number of aliphatic hydroxyl groups is 1. The lowest BCUT2D eigenvalue weighted by Gasteiger charge is -2.14. The summed E-state index contributed by atoms with van der Waals surface area (Å²) < 4.78 is 44.6. The molecule has 24 heavy (non-hydrogen) atoms. The number of rotatable bonds is 5. The molecule has 3 N–H and O–H groups in total. The first-order valence-corrected chi connectivity index (χ1v) is 6.92. The van der Waals surface area contributed by atoms with Crippen molar-refractivity contribution in [2.75, 3.05) is 19.0 Å². The molecular formula is C16H15F3N2O3. The molecule has 8 heteroatoms. The molecule has 0 radical (unpaired) electrons. The van der Waals surface area contributed by atoms with Gasteiger partial charge in [-0.05, 0) is 17.7 Å². The number of nitrogens with one attached hydrogen (secondary N) is 2. The van der Waals surface area contributed by atoms with Gasteiger partial charge in [-0.1, -0.05) is 12.1 Å². The molecule has 0 aliphatic heterocycles. The maximum absolute atomic E-state index is 13.4. The van der Waals surface area contributed by atoms with Crippen LogP contribution in [0.25, 0.3) is 0 Å². The number of carbonyl (C=O) groups excluding carboxylic acids is 1. The first-order valence-electron chi connectivity index (χ1n) is 6.92. The Labute approximate surface area is 136 Å². The summed E-state index contributed by atoms with van der Waals surface area (Å²) in [6.07, 6.45) is -1.02. The molecular weight excluding hydrogens is 325 g/mol. The minimum Gasteiger partial charge on any atom is -0.497 e. The van der Waals surface area contributed by atoms with E-state index in [0.29, 0.717) is 23.4 Å². The number of urea groups is 1. The lowest BCUT2D eigenvalue weighted by Crippen LogP contribution is -2.33. The molecule has 128 valence electrons. The van der Waals surface area contributed by atoms with Gasteiger partial charge in [-0.3, -0.25) is 0 Å². The Bertz CT molecular complexity index is 700. The maximum Gasteiger partial charge on any atom is 0.319 e. The monoisotopic (exact) mass is 340 g/mol. The van der Waals surface area contributed by atoms with Crippen molar-refractivity contribution in [3.05, 3.63) is 59.4 Å². The molecule has 2 rings (SSSR count). The van der Waals surface area contributed by atoms with Crippen molar-refractivity contribution in [3.63, 3.8) is 0 Å². The maximum atomic E-state index is 13.4. The van der Waals surface area contributed by atoms with E-state index in [9.17, 15) is 23.1 Å². The largest absolute Gasteiger partial charge is 0.497 e. The van der Waals surface area contributed by atoms with Gasteiger partial charge in [0.25, 0.3) is 0 Å². The van der Waals surface area contributed by atoms with Crippen LogP contribution in [-0.2, 0) is 0 Å². The van der Waals surface area contributed by atoms with Crippen molar-refractivity contribution >= 4 is 11.7 Å². The van der Waals surface area contributed by atoms with Crippen LogP contribution in [0, 0.1) is 17.5 Å². The van der Waals surface area contributed by atoms with E-state index < -0.39 is 35.3 Å². The molecule has 2 aromatic carbocycles. The standard InChI is InChI=1S/C16H15F3N2O3/c1-24-11-4-2-9(3-5-11)14(22)8-20-16(23)21-15-12(18)6-10(17)7-13(15)19/h2-7,14,22H,8H2,1H3,(H2,20,21,23). The zero-order chi connectivity index (χ0) is 17.7. The van der Waals surface area contributed by atoms with E-state index in [1.165, 1.54) is 7.11 Å². The molecule has 0 aliphatic rings. The van der Waals surface area contributed by atoms with Gasteiger partial charge in [0.15, 0.2) is 11.6 Å². The predicted octanol–water partition coefficient (Wildman–Crippen LogP) is 2.97. The van der Waals surface area contributed by atoms with E-state index in [-0.39, 0.29) is 6.54 Å². The third kappa shape index (κ3) is 4.39. The number of anilines is 1. The fourth-order valence-corrected chi connectivity index (χ4v) is 1.95. The second-order valence-electron chi connectivity index (χ2n) is 4.87. The van der Waals surface area contributed by atoms with Crippen LogP contribution in [0.2, 0.25) is 0 Å². The van der Waals surface area contributed by atoms with E-state index in [1.807, 2.05) is 5.32 Å². The number of ether oxygens (including phenoxy) is 1. The Morgan fingerprint density at radius 1 is 1.17 bits per heavy atom. The number of halogens is 3. The summed E-state index contributed by atoms with van der Waals surface area (Å²) in [5.74, 6) is -2.96. The molecule has 0 aliphatic carbocycles. The number of carbonyl (C=O) groups is 1. The van der Waals surface area contributed by atoms with Crippen molar-refractivity contribution in [3.8, 4) is 5.75 Å². The Morgan fingerprint density at radius 3 is 2.29 bits per heavy atom. The highest BCUT2D eigenvalue weighted by molar-refractivity contribution is 5.89. The highest BCUT2D eigenvalue weighted by Gasteiger charge is 2.15. The second-order valence-corrected chi connectivity index (χ2v) is 4.87. The van der Waals surface area contributed by atoms with E-state index in [2.05, 4.69) is 5.32 Å². The highest BCUT2D eigenvalue weighted by atomic mass is 19.1. The number of hydrogen-bond donors (Lipinski definition) is 3. The number of benzene rings is 2. The lowest BCUT2D eigenvalue weighted by atomic mass is 10.1. The van der Waals surface area contributed by atoms with Crippen LogP contribution in [-0.4, -0.2) is 24.8 Å². The minimum absolute atomic E-state index is 0.192. The Morgan fingerprint density at radius 2 is 1.75 bits per heavy atom. The molecule has 0 fully saturated rings. The summed E-state index contributed by atoms with van der Waals surface area (Å²) in [4.78, 5) is 11.7. The quantitative estimate of drug-likeness (QED) is 0.784. The average molecular weight is 340 g/mol. The molecule has 2 amide bonds. The van der Waals surface area contributed by atoms with Crippen molar-refractivity contribution in [1.29, 1.82) is 0 Å². The van der Waals surface area contributed by atoms with Crippen LogP contribution < -0.4 is 15.4 Å². The Hall–Kier alpha value is -2.74. The van der Waals surface area contributed by atoms with E-state index in [1.54, 1.807) is 24.3 Å². The molecule has 0 aromatic heterocycles. The van der Waals surface area contributed by atoms with Gasteiger partial charge in [0.05, 0.1) is 13.2 Å². The zero-order valence-corrected chi connectivity index (χ0v) is 12.6. The summed E-state index contributed by atoms with van der Waals surface area (Å²) in [5.41, 5.74) is -0.247. The number of hydrogen-bond acceptors (Lipinski definition) is 3. The van der Waals surface area contributed by atoms with Gasteiger partial charge in [0, 0.05) is 18.7 Å². The summed E-state index contributed by atoms with van der Waals surface area (Å²) in [6.45, 7) is -0.192. The number of amides is 2. The Kier molecular flexibility index (Phi) is 5.64. The first-order chi connectivity index (χ1) is 11.4. The van der Waals surface area contributed by atoms with Crippen molar-refractivity contribution in [2.45, 2.75) is 6.10 Å². The minimum atomic E-state index is -1.24. The molecule has 0 spiro atoms. The molecule has 1 unspecified atom stereocenters. The van der Waals surface area contributed by atoms with E-state index in [0.717, 1.165) is 0 Å². The van der Waals surface area contributed by atoms with Gasteiger partial charge in [0.2, 0.25) is 0 Å². The molecule has 1 atom stereocenters. The normalized spacial score (nSPS) is 11.7. The average Bonchev–Trinajstić information content (AvgIpc) is 2.56. The number of methoxy groups -OCH3 is 1. The smallest absolute Gasteiger partial charge is 0.319 e. The third-order valence-electron chi connectivity index (χ3n) is 3.20. The summed E-state index contributed by atoms with van der Waals surface area (Å²) >= 11 is 0. The van der Waals surface area contributed by atoms with Gasteiger partial charge in [-0.25, -0.2) is 18.0 Å². The van der Waals surface area contributed by atoms with Crippen LogP contribution in [0.3, 0.4) is 0 Å². The van der Waals surface area contributed by atoms with Crippen LogP contribution in [0.1, 0.15) is 11.7 Å². The highest BCUT2D eigenvalue weighted by Crippen LogP contribution is 2.20. The van der Waals surface area contributed by atoms with Gasteiger partial charge in [-0.15, -0.1) is 0 Å². The summed E-state index contributed by atoms with van der Waals surface area (Å²) in [7, 11) is 1.50. The Balaban J connectivity index is 1.93. The zero-order valence-electron chi connectivity index (χ0n) is 12.6. The van der Waals surface area contributed by atoms with Crippen molar-refractivity contribution in [2.24, 2.45) is 0 Å². The fraction of sp³-hybridized carbons (Fsp3) is 0.188. The van der Waals surface area contributed by atoms with Crippen molar-refractivity contribution in [1.82, 2.24) is 5.32 Å². The SMILES string of the molecule is COc1ccc(C(O)CNC(=O)Nc2c(F)cc(F)cc2F)cc1. The lowest BCUT2D eigenvalue weighted by molar-refractivity contribution is 0.175. The second kappa shape index (κ2) is 7.69. The van der Waals surface area contributed by atoms with Gasteiger partial charge in [0.1, 0.15) is 17.3 Å². The van der Waals surface area contributed by atoms with Gasteiger partial charge < -0.3 is 20.5 Å². The van der Waals surface area contributed by atoms with Gasteiger partial charge >= 0.3 is 6.03 Å². The van der Waals surface area contributed by atoms with Crippen LogP contribution in [0.5, 0.6) is 5.75 Å². The van der Waals surface area contributed by atoms with Crippen LogP contribution in [0.4, 0.5) is 23.7 Å². The molecule has 2 aromatic rings. The summed E-state index contributed by atoms with van der Waals surface area (Å²) in [5, 5.41) is 14.2. The van der Waals surface area contributed by atoms with E-state index >= 15 is 0 Å². The predicted molar refractivity (Wildman–Crippen MR) is 81.3 cm³/mol. The van der Waals surface area contributed by atoms with Crippen LogP contribution >= 0.6 is 0 Å². The fourth-order valence-electron chi connectivity index (χ4n) is 1.95. The molecule has 5 nitrogen and oxygen atoms in total. The van der Waals surface area contributed by atoms with Crippen LogP contribution in [0.15, 0.2) is 36.4 Å². The topological polar surface area (TPSA) is 70.6 Å². The molecule has 0 saturated carbocycles. The number of aliphatic hydroxyl groups excluding tert-OH is 1. The third-order valence-corrected chi connectivity index (χ3v) is 3.20. The van der Waals surface area contributed by atoms with Crippen molar-refractivity contribution < 1.29 is 27.8 Å². The first kappa shape index (κ1) is 17.6. The summed E-state index contributed by atoms with van der Waals surface area (Å²) in [6, 6.07) is 6.47.